The number of Topliss-reactive ketones (excluding diaryl/α,β-unsaturated/α-hetero) is 1. The lowest BCUT2D eigenvalue weighted by Crippen LogP contribution is -2.13. The van der Waals surface area contributed by atoms with E-state index in [-0.39, 0.29) is 24.5 Å². The van der Waals surface area contributed by atoms with Crippen molar-refractivity contribution in [3.8, 4) is 6.07 Å². The topological polar surface area (TPSA) is 70.0 Å². The summed E-state index contributed by atoms with van der Waals surface area (Å²) in [6.45, 7) is 3.71. The molecule has 1 aromatic heterocycles. The average molecular weight is 330 g/mol. The minimum atomic E-state index is -0.410. The predicted molar refractivity (Wildman–Crippen MR) is 87.1 cm³/mol. The van der Waals surface area contributed by atoms with Crippen molar-refractivity contribution in [3.05, 3.63) is 51.7 Å². The van der Waals surface area contributed by atoms with Gasteiger partial charge in [0.2, 0.25) is 5.91 Å². The van der Waals surface area contributed by atoms with Crippen LogP contribution in [-0.2, 0) is 4.79 Å². The van der Waals surface area contributed by atoms with E-state index in [2.05, 4.69) is 11.4 Å². The first kappa shape index (κ1) is 16.8. The van der Waals surface area contributed by atoms with Crippen molar-refractivity contribution in [1.82, 2.24) is 0 Å². The summed E-state index contributed by atoms with van der Waals surface area (Å²) >= 11 is 1.35. The Bertz CT molecular complexity index is 788. The second-order valence-electron chi connectivity index (χ2n) is 5.08. The monoisotopic (exact) mass is 330 g/mol. The minimum absolute atomic E-state index is 0.0110. The number of halogens is 1. The number of rotatable bonds is 5. The van der Waals surface area contributed by atoms with E-state index in [0.717, 1.165) is 10.4 Å². The highest BCUT2D eigenvalue weighted by molar-refractivity contribution is 7.16. The maximum Gasteiger partial charge on any atom is 0.225 e. The van der Waals surface area contributed by atoms with Crippen LogP contribution in [0.25, 0.3) is 0 Å². The molecule has 23 heavy (non-hydrogen) atoms. The average Bonchev–Trinajstić information content (AvgIpc) is 2.79. The number of anilines is 1. The molecule has 1 N–H and O–H groups in total. The summed E-state index contributed by atoms with van der Waals surface area (Å²) in [5, 5.41) is 12.3. The molecule has 0 atom stereocenters. The molecule has 0 unspecified atom stereocenters. The maximum absolute atomic E-state index is 12.8. The Morgan fingerprint density at radius 3 is 2.48 bits per heavy atom. The summed E-state index contributed by atoms with van der Waals surface area (Å²) in [5.41, 5.74) is 1.70. The van der Waals surface area contributed by atoms with Crippen LogP contribution in [0.4, 0.5) is 9.39 Å². The highest BCUT2D eigenvalue weighted by Gasteiger charge is 2.15. The molecule has 0 fully saturated rings. The van der Waals surface area contributed by atoms with Crippen LogP contribution in [0.5, 0.6) is 0 Å². The SMILES string of the molecule is Cc1sc(NC(=O)CCC(=O)c2ccc(F)cc2)c(C#N)c1C. The van der Waals surface area contributed by atoms with Gasteiger partial charge in [-0.05, 0) is 43.7 Å². The third-order valence-corrected chi connectivity index (χ3v) is 4.62. The molecular formula is C17H15FN2O2S. The van der Waals surface area contributed by atoms with Gasteiger partial charge in [0, 0.05) is 23.3 Å². The number of nitrogens with zero attached hydrogens (tertiary/aromatic N) is 1. The number of hydrogen-bond acceptors (Lipinski definition) is 4. The summed E-state index contributed by atoms with van der Waals surface area (Å²) in [6, 6.07) is 7.30. The van der Waals surface area contributed by atoms with Gasteiger partial charge in [-0.1, -0.05) is 0 Å². The summed E-state index contributed by atoms with van der Waals surface area (Å²) in [6.07, 6.45) is 0.0414. The van der Waals surface area contributed by atoms with Crippen molar-refractivity contribution in [2.24, 2.45) is 0 Å². The first-order valence-electron chi connectivity index (χ1n) is 7.01. The molecule has 1 heterocycles. The van der Waals surface area contributed by atoms with E-state index in [4.69, 9.17) is 5.26 Å². The lowest BCUT2D eigenvalue weighted by Gasteiger charge is -2.04. The molecule has 0 bridgehead atoms. The van der Waals surface area contributed by atoms with Gasteiger partial charge >= 0.3 is 0 Å². The number of nitriles is 1. The lowest BCUT2D eigenvalue weighted by atomic mass is 10.1. The largest absolute Gasteiger partial charge is 0.317 e. The fraction of sp³-hybridized carbons (Fsp3) is 0.235. The molecule has 0 aliphatic heterocycles. The van der Waals surface area contributed by atoms with Crippen LogP contribution in [0.3, 0.4) is 0 Å². The summed E-state index contributed by atoms with van der Waals surface area (Å²) in [4.78, 5) is 24.9. The van der Waals surface area contributed by atoms with Crippen LogP contribution in [0.1, 0.15) is 39.2 Å². The molecule has 4 nitrogen and oxygen atoms in total. The molecule has 0 saturated carbocycles. The predicted octanol–water partition coefficient (Wildman–Crippen LogP) is 3.98. The zero-order chi connectivity index (χ0) is 17.0. The second kappa shape index (κ2) is 7.16. The minimum Gasteiger partial charge on any atom is -0.317 e. The molecule has 2 rings (SSSR count). The van der Waals surface area contributed by atoms with E-state index in [1.807, 2.05) is 13.8 Å². The van der Waals surface area contributed by atoms with Gasteiger partial charge in [0.1, 0.15) is 16.9 Å². The molecule has 0 saturated heterocycles. The van der Waals surface area contributed by atoms with E-state index in [0.29, 0.717) is 16.1 Å². The van der Waals surface area contributed by atoms with Crippen molar-refractivity contribution in [1.29, 1.82) is 5.26 Å². The highest BCUT2D eigenvalue weighted by atomic mass is 32.1. The summed E-state index contributed by atoms with van der Waals surface area (Å²) < 4.78 is 12.8. The number of aryl methyl sites for hydroxylation is 1. The van der Waals surface area contributed by atoms with Crippen LogP contribution >= 0.6 is 11.3 Å². The molecule has 2 aromatic rings. The van der Waals surface area contributed by atoms with E-state index in [1.165, 1.54) is 35.6 Å². The van der Waals surface area contributed by atoms with Crippen LogP contribution in [0.15, 0.2) is 24.3 Å². The van der Waals surface area contributed by atoms with Crippen LogP contribution in [-0.4, -0.2) is 11.7 Å². The van der Waals surface area contributed by atoms with Crippen molar-refractivity contribution < 1.29 is 14.0 Å². The van der Waals surface area contributed by atoms with Crippen LogP contribution in [0, 0.1) is 31.0 Å². The Hall–Kier alpha value is -2.52. The Balaban J connectivity index is 1.96. The van der Waals surface area contributed by atoms with Crippen molar-refractivity contribution in [2.45, 2.75) is 26.7 Å². The molecule has 0 radical (unpaired) electrons. The first-order valence-corrected chi connectivity index (χ1v) is 7.82. The third kappa shape index (κ3) is 4.02. The van der Waals surface area contributed by atoms with E-state index >= 15 is 0 Å². The van der Waals surface area contributed by atoms with Gasteiger partial charge in [-0.15, -0.1) is 11.3 Å². The molecule has 1 amide bonds. The first-order chi connectivity index (χ1) is 10.9. The number of hydrogen-bond donors (Lipinski definition) is 1. The van der Waals surface area contributed by atoms with E-state index in [1.54, 1.807) is 0 Å². The van der Waals surface area contributed by atoms with Gasteiger partial charge in [0.15, 0.2) is 5.78 Å². The van der Waals surface area contributed by atoms with Gasteiger partial charge in [-0.2, -0.15) is 5.26 Å². The number of ketones is 1. The van der Waals surface area contributed by atoms with Crippen LogP contribution < -0.4 is 5.32 Å². The van der Waals surface area contributed by atoms with Crippen molar-refractivity contribution >= 4 is 28.0 Å². The fourth-order valence-electron chi connectivity index (χ4n) is 2.05. The molecule has 118 valence electrons. The van der Waals surface area contributed by atoms with Gasteiger partial charge in [-0.25, -0.2) is 4.39 Å². The number of benzene rings is 1. The molecule has 0 aliphatic carbocycles. The smallest absolute Gasteiger partial charge is 0.225 e. The summed E-state index contributed by atoms with van der Waals surface area (Å²) in [7, 11) is 0. The number of nitrogens with one attached hydrogen (secondary N) is 1. The van der Waals surface area contributed by atoms with Gasteiger partial charge in [-0.3, -0.25) is 9.59 Å². The molecule has 0 aliphatic rings. The molecular weight excluding hydrogens is 315 g/mol. The number of amides is 1. The Morgan fingerprint density at radius 2 is 1.87 bits per heavy atom. The molecule has 6 heteroatoms. The maximum atomic E-state index is 12.8. The van der Waals surface area contributed by atoms with Gasteiger partial charge < -0.3 is 5.32 Å². The van der Waals surface area contributed by atoms with Gasteiger partial charge in [0.05, 0.1) is 5.56 Å². The second-order valence-corrected chi connectivity index (χ2v) is 6.30. The quantitative estimate of drug-likeness (QED) is 0.843. The van der Waals surface area contributed by atoms with Gasteiger partial charge in [0.25, 0.3) is 0 Å². The lowest BCUT2D eigenvalue weighted by molar-refractivity contribution is -0.116. The van der Waals surface area contributed by atoms with E-state index in [9.17, 15) is 14.0 Å². The van der Waals surface area contributed by atoms with Crippen molar-refractivity contribution in [3.63, 3.8) is 0 Å². The highest BCUT2D eigenvalue weighted by Crippen LogP contribution is 2.31. The zero-order valence-electron chi connectivity index (χ0n) is 12.8. The molecule has 0 spiro atoms. The number of carbonyl (C=O) groups excluding carboxylic acids is 2. The third-order valence-electron chi connectivity index (χ3n) is 3.50. The summed E-state index contributed by atoms with van der Waals surface area (Å²) in [5.74, 6) is -0.954. The fourth-order valence-corrected chi connectivity index (χ4v) is 3.07. The molecule has 1 aromatic carbocycles. The van der Waals surface area contributed by atoms with Crippen molar-refractivity contribution in [2.75, 3.05) is 5.32 Å². The normalized spacial score (nSPS) is 10.2. The Morgan fingerprint density at radius 1 is 1.22 bits per heavy atom. The van der Waals surface area contributed by atoms with E-state index < -0.39 is 5.82 Å². The number of thiophene rings is 1. The Labute approximate surface area is 137 Å². The zero-order valence-corrected chi connectivity index (χ0v) is 13.6. The number of carbonyl (C=O) groups is 2. The standard InChI is InChI=1S/C17H15FN2O2S/c1-10-11(2)23-17(14(10)9-19)20-16(22)8-7-15(21)12-3-5-13(18)6-4-12/h3-6H,7-8H2,1-2H3,(H,20,22). The Kier molecular flexibility index (Phi) is 5.24. The van der Waals surface area contributed by atoms with Crippen LogP contribution in [0.2, 0.25) is 0 Å².